The van der Waals surface area contributed by atoms with E-state index in [9.17, 15) is 9.00 Å². The predicted molar refractivity (Wildman–Crippen MR) is 114 cm³/mol. The number of hydrogen-bond donors (Lipinski definition) is 1. The van der Waals surface area contributed by atoms with Gasteiger partial charge in [-0.1, -0.05) is 42.5 Å². The first kappa shape index (κ1) is 19.8. The van der Waals surface area contributed by atoms with Crippen LogP contribution in [-0.2, 0) is 26.9 Å². The van der Waals surface area contributed by atoms with Crippen molar-refractivity contribution in [2.45, 2.75) is 18.4 Å². The topological polar surface area (TPSA) is 55.4 Å². The second kappa shape index (κ2) is 9.33. The average Bonchev–Trinajstić information content (AvgIpc) is 2.73. The van der Waals surface area contributed by atoms with Crippen LogP contribution in [0.25, 0.3) is 11.1 Å². The molecule has 0 heterocycles. The molecule has 0 saturated heterocycles. The number of carbonyl (C=O) groups excluding carboxylic acids is 1. The van der Waals surface area contributed by atoms with E-state index in [-0.39, 0.29) is 5.75 Å². The maximum atomic E-state index is 12.1. The molecule has 0 aliphatic carbocycles. The third-order valence-corrected chi connectivity index (χ3v) is 5.77. The quantitative estimate of drug-likeness (QED) is 0.598. The summed E-state index contributed by atoms with van der Waals surface area (Å²) in [6, 6.07) is 24.1. The molecular formula is C23H23NO3S. The molecule has 0 amide bonds. The van der Waals surface area contributed by atoms with Crippen molar-refractivity contribution >= 4 is 22.5 Å². The Labute approximate surface area is 168 Å². The van der Waals surface area contributed by atoms with E-state index in [2.05, 4.69) is 59.4 Å². The molecule has 5 heteroatoms. The lowest BCUT2D eigenvalue weighted by Gasteiger charge is -2.10. The van der Waals surface area contributed by atoms with E-state index in [0.717, 1.165) is 5.69 Å². The molecule has 1 unspecified atom stereocenters. The first-order valence-electron chi connectivity index (χ1n) is 9.01. The highest BCUT2D eigenvalue weighted by Crippen LogP contribution is 2.24. The SMILES string of the molecule is COC(=O)CS(=O)c1ccc(NCc2cccc(-c3ccccc3C)c2)cc1. The summed E-state index contributed by atoms with van der Waals surface area (Å²) in [6.07, 6.45) is 0. The molecule has 0 fully saturated rings. The maximum absolute atomic E-state index is 12.1. The van der Waals surface area contributed by atoms with Crippen molar-refractivity contribution in [2.75, 3.05) is 18.2 Å². The summed E-state index contributed by atoms with van der Waals surface area (Å²) in [5, 5.41) is 3.38. The van der Waals surface area contributed by atoms with Gasteiger partial charge in [0.2, 0.25) is 0 Å². The van der Waals surface area contributed by atoms with Crippen molar-refractivity contribution in [1.82, 2.24) is 0 Å². The van der Waals surface area contributed by atoms with E-state index in [1.54, 1.807) is 12.1 Å². The molecule has 28 heavy (non-hydrogen) atoms. The van der Waals surface area contributed by atoms with Crippen molar-refractivity contribution in [1.29, 1.82) is 0 Å². The molecule has 0 spiro atoms. The average molecular weight is 394 g/mol. The van der Waals surface area contributed by atoms with Gasteiger partial charge in [0.05, 0.1) is 17.9 Å². The molecule has 1 N–H and O–H groups in total. The van der Waals surface area contributed by atoms with Crippen LogP contribution < -0.4 is 5.32 Å². The lowest BCUT2D eigenvalue weighted by Crippen LogP contribution is -2.12. The van der Waals surface area contributed by atoms with Crippen molar-refractivity contribution in [2.24, 2.45) is 0 Å². The zero-order chi connectivity index (χ0) is 19.9. The fourth-order valence-electron chi connectivity index (χ4n) is 2.92. The minimum absolute atomic E-state index is 0.130. The maximum Gasteiger partial charge on any atom is 0.318 e. The van der Waals surface area contributed by atoms with E-state index in [1.165, 1.54) is 29.4 Å². The van der Waals surface area contributed by atoms with Gasteiger partial charge in [-0.05, 0) is 59.5 Å². The Bertz CT molecular complexity index is 983. The van der Waals surface area contributed by atoms with Crippen LogP contribution in [0.1, 0.15) is 11.1 Å². The number of nitrogens with one attached hydrogen (secondary N) is 1. The van der Waals surface area contributed by atoms with Gasteiger partial charge < -0.3 is 10.1 Å². The molecule has 0 aromatic heterocycles. The van der Waals surface area contributed by atoms with Crippen molar-refractivity contribution in [3.8, 4) is 11.1 Å². The number of ether oxygens (including phenoxy) is 1. The molecule has 0 bridgehead atoms. The number of esters is 1. The van der Waals surface area contributed by atoms with E-state index in [0.29, 0.717) is 11.4 Å². The van der Waals surface area contributed by atoms with Gasteiger partial charge in [-0.25, -0.2) is 0 Å². The van der Waals surface area contributed by atoms with E-state index >= 15 is 0 Å². The van der Waals surface area contributed by atoms with Gasteiger partial charge in [0, 0.05) is 17.1 Å². The summed E-state index contributed by atoms with van der Waals surface area (Å²) in [6.45, 7) is 2.80. The smallest absolute Gasteiger partial charge is 0.318 e. The number of rotatable bonds is 7. The molecule has 3 aromatic rings. The fourth-order valence-corrected chi connectivity index (χ4v) is 3.86. The Balaban J connectivity index is 1.65. The van der Waals surface area contributed by atoms with Crippen LogP contribution in [0.15, 0.2) is 77.7 Å². The van der Waals surface area contributed by atoms with Crippen LogP contribution in [0.5, 0.6) is 0 Å². The van der Waals surface area contributed by atoms with Crippen LogP contribution in [-0.4, -0.2) is 23.0 Å². The molecule has 1 atom stereocenters. The van der Waals surface area contributed by atoms with Crippen molar-refractivity contribution < 1.29 is 13.7 Å². The largest absolute Gasteiger partial charge is 0.468 e. The molecule has 3 aromatic carbocycles. The predicted octanol–water partition coefficient (Wildman–Crippen LogP) is 4.55. The molecule has 144 valence electrons. The minimum atomic E-state index is -1.39. The summed E-state index contributed by atoms with van der Waals surface area (Å²) in [4.78, 5) is 11.9. The molecule has 0 radical (unpaired) electrons. The summed E-state index contributed by atoms with van der Waals surface area (Å²) >= 11 is 0. The Morgan fingerprint density at radius 1 is 1.00 bits per heavy atom. The molecule has 0 aliphatic rings. The Kier molecular flexibility index (Phi) is 6.61. The molecule has 3 rings (SSSR count). The number of anilines is 1. The zero-order valence-corrected chi connectivity index (χ0v) is 16.8. The zero-order valence-electron chi connectivity index (χ0n) is 16.0. The van der Waals surface area contributed by atoms with Crippen LogP contribution in [0, 0.1) is 6.92 Å². The number of aryl methyl sites for hydroxylation is 1. The highest BCUT2D eigenvalue weighted by molar-refractivity contribution is 7.85. The van der Waals surface area contributed by atoms with Gasteiger partial charge in [0.1, 0.15) is 5.75 Å². The van der Waals surface area contributed by atoms with E-state index < -0.39 is 16.8 Å². The van der Waals surface area contributed by atoms with Crippen molar-refractivity contribution in [3.05, 3.63) is 83.9 Å². The Hall–Kier alpha value is -2.92. The number of benzene rings is 3. The highest BCUT2D eigenvalue weighted by Gasteiger charge is 2.10. The third kappa shape index (κ3) is 5.08. The second-order valence-corrected chi connectivity index (χ2v) is 7.91. The minimum Gasteiger partial charge on any atom is -0.468 e. The Morgan fingerprint density at radius 2 is 1.75 bits per heavy atom. The van der Waals surface area contributed by atoms with Crippen LogP contribution in [0.2, 0.25) is 0 Å². The van der Waals surface area contributed by atoms with Crippen molar-refractivity contribution in [3.63, 3.8) is 0 Å². The monoisotopic (exact) mass is 393 g/mol. The second-order valence-electron chi connectivity index (χ2n) is 6.46. The molecule has 0 saturated carbocycles. The molecular weight excluding hydrogens is 370 g/mol. The summed E-state index contributed by atoms with van der Waals surface area (Å²) in [5.74, 6) is -0.608. The van der Waals surface area contributed by atoms with E-state index in [1.807, 2.05) is 18.2 Å². The number of carbonyl (C=O) groups is 1. The van der Waals surface area contributed by atoms with E-state index in [4.69, 9.17) is 0 Å². The van der Waals surface area contributed by atoms with Crippen LogP contribution in [0.4, 0.5) is 5.69 Å². The lowest BCUT2D eigenvalue weighted by atomic mass is 9.99. The summed E-state index contributed by atoms with van der Waals surface area (Å²) < 4.78 is 16.7. The standard InChI is InChI=1S/C23H23NO3S/c1-17-6-3-4-9-22(17)19-8-5-7-18(14-19)15-24-20-10-12-21(13-11-20)28(26)16-23(25)27-2/h3-14,24H,15-16H2,1-2H3. The van der Waals surface area contributed by atoms with Gasteiger partial charge in [-0.2, -0.15) is 0 Å². The van der Waals surface area contributed by atoms with Gasteiger partial charge >= 0.3 is 5.97 Å². The summed E-state index contributed by atoms with van der Waals surface area (Å²) in [7, 11) is -0.0982. The molecule has 4 nitrogen and oxygen atoms in total. The van der Waals surface area contributed by atoms with Crippen LogP contribution >= 0.6 is 0 Å². The normalized spacial score (nSPS) is 11.6. The molecule has 0 aliphatic heterocycles. The van der Waals surface area contributed by atoms with Gasteiger partial charge in [-0.15, -0.1) is 0 Å². The van der Waals surface area contributed by atoms with Gasteiger partial charge in [-0.3, -0.25) is 9.00 Å². The van der Waals surface area contributed by atoms with Gasteiger partial charge in [0.15, 0.2) is 0 Å². The lowest BCUT2D eigenvalue weighted by molar-refractivity contribution is -0.137. The fraction of sp³-hybridized carbons (Fsp3) is 0.174. The summed E-state index contributed by atoms with van der Waals surface area (Å²) in [5.41, 5.74) is 5.80. The third-order valence-electron chi connectivity index (χ3n) is 4.47. The van der Waals surface area contributed by atoms with Gasteiger partial charge in [0.25, 0.3) is 0 Å². The highest BCUT2D eigenvalue weighted by atomic mass is 32.2. The first-order chi connectivity index (χ1) is 13.6. The first-order valence-corrected chi connectivity index (χ1v) is 10.3. The van der Waals surface area contributed by atoms with Crippen LogP contribution in [0.3, 0.4) is 0 Å². The Morgan fingerprint density at radius 3 is 2.46 bits per heavy atom. The number of hydrogen-bond acceptors (Lipinski definition) is 4. The number of methoxy groups -OCH3 is 1.